The molecule has 1 N–H and O–H groups in total. The van der Waals surface area contributed by atoms with Crippen LogP contribution >= 0.6 is 0 Å². The predicted octanol–water partition coefficient (Wildman–Crippen LogP) is 5.67. The van der Waals surface area contributed by atoms with Gasteiger partial charge in [-0.1, -0.05) is 60.7 Å². The van der Waals surface area contributed by atoms with Crippen LogP contribution in [0.4, 0.5) is 0 Å². The van der Waals surface area contributed by atoms with Gasteiger partial charge in [-0.25, -0.2) is 0 Å². The summed E-state index contributed by atoms with van der Waals surface area (Å²) in [6, 6.07) is 23.2. The molecule has 0 saturated carbocycles. The normalized spacial score (nSPS) is 18.0. The van der Waals surface area contributed by atoms with Gasteiger partial charge >= 0.3 is 0 Å². The van der Waals surface area contributed by atoms with E-state index in [-0.39, 0.29) is 23.9 Å². The first-order chi connectivity index (χ1) is 20.7. The molecule has 2 amide bonds. The van der Waals surface area contributed by atoms with Crippen molar-refractivity contribution in [1.82, 2.24) is 15.1 Å². The number of piperazine rings is 1. The average Bonchev–Trinajstić information content (AvgIpc) is 3.00. The monoisotopic (exact) mass is 579 g/mol. The molecule has 1 saturated heterocycles. The van der Waals surface area contributed by atoms with E-state index in [1.165, 1.54) is 27.8 Å². The molecule has 2 aliphatic heterocycles. The molecule has 0 spiro atoms. The van der Waals surface area contributed by atoms with Gasteiger partial charge in [0.2, 0.25) is 5.91 Å². The van der Waals surface area contributed by atoms with Crippen molar-refractivity contribution in [2.75, 3.05) is 33.3 Å². The summed E-state index contributed by atoms with van der Waals surface area (Å²) in [5.74, 6) is 1.07. The zero-order chi connectivity index (χ0) is 30.5. The summed E-state index contributed by atoms with van der Waals surface area (Å²) in [7, 11) is 1.89. The first-order valence-corrected chi connectivity index (χ1v) is 15.5. The molecule has 43 heavy (non-hydrogen) atoms. The Labute approximate surface area is 256 Å². The largest absolute Gasteiger partial charge is 0.493 e. The minimum atomic E-state index is -0.177. The Morgan fingerprint density at radius 1 is 0.953 bits per heavy atom. The van der Waals surface area contributed by atoms with Gasteiger partial charge in [0.25, 0.3) is 5.91 Å². The van der Waals surface area contributed by atoms with Crippen molar-refractivity contribution in [2.45, 2.75) is 65.5 Å². The summed E-state index contributed by atoms with van der Waals surface area (Å²) in [6.07, 6.45) is 3.38. The Bertz CT molecular complexity index is 1480. The third-order valence-corrected chi connectivity index (χ3v) is 8.94. The minimum Gasteiger partial charge on any atom is -0.493 e. The van der Waals surface area contributed by atoms with Crippen LogP contribution in [0.15, 0.2) is 72.3 Å². The number of hydrogen-bond acceptors (Lipinski definition) is 4. The summed E-state index contributed by atoms with van der Waals surface area (Å²) in [5, 5.41) is 3.65. The lowest BCUT2D eigenvalue weighted by Crippen LogP contribution is -2.61. The first-order valence-electron chi connectivity index (χ1n) is 15.5. The van der Waals surface area contributed by atoms with Gasteiger partial charge in [0.05, 0.1) is 12.6 Å². The van der Waals surface area contributed by atoms with Crippen LogP contribution in [0, 0.1) is 20.8 Å². The lowest BCUT2D eigenvalue weighted by atomic mass is 9.82. The highest BCUT2D eigenvalue weighted by atomic mass is 16.5. The number of nitrogens with one attached hydrogen (secondary N) is 1. The van der Waals surface area contributed by atoms with Crippen molar-refractivity contribution in [3.05, 3.63) is 106 Å². The molecule has 0 aromatic heterocycles. The molecule has 5 rings (SSSR count). The number of amides is 2. The highest BCUT2D eigenvalue weighted by Gasteiger charge is 2.39. The fourth-order valence-electron chi connectivity index (χ4n) is 6.35. The molecule has 3 aromatic carbocycles. The second-order valence-electron chi connectivity index (χ2n) is 12.3. The fourth-order valence-corrected chi connectivity index (χ4v) is 6.35. The summed E-state index contributed by atoms with van der Waals surface area (Å²) < 4.78 is 6.13. The van der Waals surface area contributed by atoms with Gasteiger partial charge in [0.15, 0.2) is 0 Å². The van der Waals surface area contributed by atoms with Crippen LogP contribution in [0.5, 0.6) is 5.75 Å². The smallest absolute Gasteiger partial charge is 0.251 e. The number of benzene rings is 3. The van der Waals surface area contributed by atoms with E-state index in [4.69, 9.17) is 4.74 Å². The van der Waals surface area contributed by atoms with Crippen molar-refractivity contribution in [3.8, 4) is 5.75 Å². The van der Waals surface area contributed by atoms with E-state index in [0.29, 0.717) is 26.2 Å². The lowest BCUT2D eigenvalue weighted by Gasteiger charge is -2.44. The van der Waals surface area contributed by atoms with E-state index < -0.39 is 0 Å². The number of nitrogens with zero attached hydrogens (tertiary/aromatic N) is 2. The standard InChI is InChI=1S/C37H45N3O3/c1-25-20-26(2)27(3)35(21-25)43-19-9-12-30-13-15-31(16-14-30)33-22-32-23-40(28(4)41)24-34(38-32)36(33)37(42)39(5)18-17-29-10-7-6-8-11-29/h6-8,10-11,13-16,20-21,32,34,38H,9,12,17-19,22-24H2,1-5H3. The summed E-state index contributed by atoms with van der Waals surface area (Å²) in [6.45, 7) is 10.5. The highest BCUT2D eigenvalue weighted by molar-refractivity contribution is 6.03. The molecule has 6 heteroatoms. The Morgan fingerprint density at radius 2 is 1.67 bits per heavy atom. The Kier molecular flexibility index (Phi) is 9.66. The van der Waals surface area contributed by atoms with Crippen LogP contribution < -0.4 is 10.1 Å². The topological polar surface area (TPSA) is 61.9 Å². The molecular weight excluding hydrogens is 534 g/mol. The van der Waals surface area contributed by atoms with Crippen LogP contribution in [0.3, 0.4) is 0 Å². The average molecular weight is 580 g/mol. The van der Waals surface area contributed by atoms with E-state index in [9.17, 15) is 9.59 Å². The van der Waals surface area contributed by atoms with Gasteiger partial charge in [-0.3, -0.25) is 9.59 Å². The molecule has 226 valence electrons. The quantitative estimate of drug-likeness (QED) is 0.315. The zero-order valence-electron chi connectivity index (χ0n) is 26.3. The molecule has 1 fully saturated rings. The van der Waals surface area contributed by atoms with Crippen molar-refractivity contribution >= 4 is 17.4 Å². The Morgan fingerprint density at radius 3 is 2.40 bits per heavy atom. The van der Waals surface area contributed by atoms with Crippen LogP contribution in [0.25, 0.3) is 5.57 Å². The molecule has 2 atom stereocenters. The number of likely N-dealkylation sites (N-methyl/N-ethyl adjacent to an activating group) is 1. The lowest BCUT2D eigenvalue weighted by molar-refractivity contribution is -0.132. The van der Waals surface area contributed by atoms with Gasteiger partial charge < -0.3 is 19.9 Å². The summed E-state index contributed by atoms with van der Waals surface area (Å²) in [5.41, 5.74) is 9.15. The van der Waals surface area contributed by atoms with Gasteiger partial charge in [-0.2, -0.15) is 0 Å². The van der Waals surface area contributed by atoms with Gasteiger partial charge in [-0.05, 0) is 91.5 Å². The molecule has 6 nitrogen and oxygen atoms in total. The fraction of sp³-hybridized carbons (Fsp3) is 0.405. The van der Waals surface area contributed by atoms with Crippen LogP contribution in [0.1, 0.15) is 53.1 Å². The molecule has 2 unspecified atom stereocenters. The number of ether oxygens (including phenoxy) is 1. The van der Waals surface area contributed by atoms with E-state index >= 15 is 0 Å². The predicted molar refractivity (Wildman–Crippen MR) is 173 cm³/mol. The van der Waals surface area contributed by atoms with Gasteiger partial charge in [0.1, 0.15) is 5.75 Å². The third kappa shape index (κ3) is 7.37. The van der Waals surface area contributed by atoms with E-state index in [1.807, 2.05) is 35.0 Å². The second kappa shape index (κ2) is 13.6. The van der Waals surface area contributed by atoms with Gasteiger partial charge in [-0.15, -0.1) is 0 Å². The van der Waals surface area contributed by atoms with Crippen molar-refractivity contribution in [1.29, 1.82) is 0 Å². The molecular formula is C37H45N3O3. The van der Waals surface area contributed by atoms with E-state index in [0.717, 1.165) is 48.1 Å². The summed E-state index contributed by atoms with van der Waals surface area (Å²) in [4.78, 5) is 30.0. The molecule has 0 aliphatic carbocycles. The highest BCUT2D eigenvalue weighted by Crippen LogP contribution is 2.34. The third-order valence-electron chi connectivity index (χ3n) is 8.94. The maximum absolute atomic E-state index is 14.0. The molecule has 2 aliphatic rings. The summed E-state index contributed by atoms with van der Waals surface area (Å²) >= 11 is 0. The second-order valence-corrected chi connectivity index (χ2v) is 12.3. The van der Waals surface area contributed by atoms with Crippen LogP contribution in [0.2, 0.25) is 0 Å². The number of fused-ring (bicyclic) bond motifs is 2. The maximum atomic E-state index is 14.0. The number of aryl methyl sites for hydroxylation is 3. The van der Waals surface area contributed by atoms with E-state index in [2.05, 4.69) is 74.6 Å². The van der Waals surface area contributed by atoms with Crippen molar-refractivity contribution in [2.24, 2.45) is 0 Å². The number of carbonyl (C=O) groups excluding carboxylic acids is 2. The number of hydrogen-bond donors (Lipinski definition) is 1. The Balaban J connectivity index is 1.30. The zero-order valence-corrected chi connectivity index (χ0v) is 26.3. The van der Waals surface area contributed by atoms with Crippen molar-refractivity contribution in [3.63, 3.8) is 0 Å². The van der Waals surface area contributed by atoms with Gasteiger partial charge in [0, 0.05) is 45.2 Å². The molecule has 0 radical (unpaired) electrons. The maximum Gasteiger partial charge on any atom is 0.251 e. The molecule has 3 aromatic rings. The van der Waals surface area contributed by atoms with Crippen molar-refractivity contribution < 1.29 is 14.3 Å². The molecule has 2 heterocycles. The first kappa shape index (κ1) is 30.6. The van der Waals surface area contributed by atoms with Crippen LogP contribution in [-0.2, 0) is 22.4 Å². The molecule has 2 bridgehead atoms. The van der Waals surface area contributed by atoms with Crippen LogP contribution in [-0.4, -0.2) is 67.0 Å². The minimum absolute atomic E-state index is 0.0372. The Hall–Kier alpha value is -3.90. The number of carbonyl (C=O) groups is 2. The number of rotatable bonds is 10. The SMILES string of the molecule is CC(=O)N1CC2CC(c3ccc(CCCOc4cc(C)cc(C)c4C)cc3)=C(C(=O)N(C)CCc3ccccc3)C(C1)N2. The van der Waals surface area contributed by atoms with E-state index in [1.54, 1.807) is 6.92 Å².